The Morgan fingerprint density at radius 2 is 1.85 bits per heavy atom. The van der Waals surface area contributed by atoms with Crippen LogP contribution in [0.15, 0.2) is 24.3 Å². The third-order valence-corrected chi connectivity index (χ3v) is 6.00. The number of nitrogens with zero attached hydrogens (tertiary/aromatic N) is 3. The minimum atomic E-state index is -0.967. The second kappa shape index (κ2) is 8.27. The molecule has 6 heteroatoms. The summed E-state index contributed by atoms with van der Waals surface area (Å²) in [5.41, 5.74) is 1.75. The molecule has 2 fully saturated rings. The summed E-state index contributed by atoms with van der Waals surface area (Å²) < 4.78 is 5.65. The van der Waals surface area contributed by atoms with Crippen LogP contribution in [0.2, 0.25) is 0 Å². The van der Waals surface area contributed by atoms with E-state index in [4.69, 9.17) is 4.74 Å². The normalized spacial score (nSPS) is 27.4. The van der Waals surface area contributed by atoms with E-state index in [1.54, 1.807) is 0 Å². The third-order valence-electron chi connectivity index (χ3n) is 6.00. The quantitative estimate of drug-likeness (QED) is 0.843. The van der Waals surface area contributed by atoms with Gasteiger partial charge < -0.3 is 19.6 Å². The van der Waals surface area contributed by atoms with Gasteiger partial charge in [-0.1, -0.05) is 24.3 Å². The molecule has 0 spiro atoms. The number of likely N-dealkylation sites (tertiary alicyclic amines) is 1. The molecule has 0 bridgehead atoms. The standard InChI is InChI=1S/C21H31N3O3/c25-20(14-23-10-7-18-5-1-2-6-19(18)13-23)24-11-12-27-17-21(26,16-24)15-22-8-3-4-9-22/h1-2,5-6,26H,3-4,7-17H2. The number of fused-ring (bicyclic) bond motifs is 1. The van der Waals surface area contributed by atoms with E-state index in [0.717, 1.165) is 32.6 Å². The van der Waals surface area contributed by atoms with Gasteiger partial charge in [0.05, 0.1) is 26.3 Å². The summed E-state index contributed by atoms with van der Waals surface area (Å²) in [7, 11) is 0. The molecule has 4 rings (SSSR count). The number of β-amino-alcohol motifs (C(OH)–C–C–N with tert-alkyl or cyclic N) is 1. The first-order chi connectivity index (χ1) is 13.1. The SMILES string of the molecule is O=C(CN1CCc2ccccc2C1)N1CCOCC(O)(CN2CCCC2)C1. The number of ether oxygens (including phenoxy) is 1. The van der Waals surface area contributed by atoms with Gasteiger partial charge in [0.2, 0.25) is 5.91 Å². The van der Waals surface area contributed by atoms with Gasteiger partial charge in [0.15, 0.2) is 0 Å². The number of rotatable bonds is 4. The maximum absolute atomic E-state index is 13.0. The van der Waals surface area contributed by atoms with E-state index in [2.05, 4.69) is 34.1 Å². The molecule has 1 aromatic rings. The Morgan fingerprint density at radius 3 is 2.67 bits per heavy atom. The van der Waals surface area contributed by atoms with Gasteiger partial charge in [-0.3, -0.25) is 9.69 Å². The van der Waals surface area contributed by atoms with Gasteiger partial charge >= 0.3 is 0 Å². The molecular weight excluding hydrogens is 342 g/mol. The Morgan fingerprint density at radius 1 is 1.07 bits per heavy atom. The number of aliphatic hydroxyl groups is 1. The molecule has 6 nitrogen and oxygen atoms in total. The zero-order valence-corrected chi connectivity index (χ0v) is 16.1. The number of carbonyl (C=O) groups is 1. The van der Waals surface area contributed by atoms with E-state index in [9.17, 15) is 9.90 Å². The zero-order chi connectivity index (χ0) is 18.7. The Kier molecular flexibility index (Phi) is 5.78. The summed E-state index contributed by atoms with van der Waals surface area (Å²) in [6, 6.07) is 8.48. The van der Waals surface area contributed by atoms with Crippen LogP contribution in [0.25, 0.3) is 0 Å². The summed E-state index contributed by atoms with van der Waals surface area (Å²) in [4.78, 5) is 19.3. The van der Waals surface area contributed by atoms with Crippen LogP contribution < -0.4 is 0 Å². The van der Waals surface area contributed by atoms with Gasteiger partial charge in [-0.05, 0) is 43.5 Å². The second-order valence-electron chi connectivity index (χ2n) is 8.30. The van der Waals surface area contributed by atoms with E-state index < -0.39 is 5.60 Å². The molecule has 0 aliphatic carbocycles. The lowest BCUT2D eigenvalue weighted by Crippen LogP contribution is -2.54. The van der Waals surface area contributed by atoms with E-state index in [1.807, 2.05) is 4.90 Å². The Bertz CT molecular complexity index is 662. The molecule has 1 aromatic carbocycles. The maximum atomic E-state index is 13.0. The Labute approximate surface area is 161 Å². The molecule has 1 unspecified atom stereocenters. The Balaban J connectivity index is 1.36. The summed E-state index contributed by atoms with van der Waals surface area (Å²) in [5, 5.41) is 11.1. The van der Waals surface area contributed by atoms with Gasteiger partial charge in [0.1, 0.15) is 5.60 Å². The van der Waals surface area contributed by atoms with Gasteiger partial charge in [-0.25, -0.2) is 0 Å². The monoisotopic (exact) mass is 373 g/mol. The molecule has 3 heterocycles. The lowest BCUT2D eigenvalue weighted by atomic mass is 10.00. The molecule has 3 aliphatic heterocycles. The van der Waals surface area contributed by atoms with Crippen LogP contribution in [0.4, 0.5) is 0 Å². The molecule has 148 valence electrons. The van der Waals surface area contributed by atoms with Crippen LogP contribution >= 0.6 is 0 Å². The van der Waals surface area contributed by atoms with Crippen molar-refractivity contribution in [1.82, 2.24) is 14.7 Å². The lowest BCUT2D eigenvalue weighted by molar-refractivity contribution is -0.136. The van der Waals surface area contributed by atoms with Crippen molar-refractivity contribution in [2.45, 2.75) is 31.4 Å². The largest absolute Gasteiger partial charge is 0.384 e. The minimum Gasteiger partial charge on any atom is -0.384 e. The van der Waals surface area contributed by atoms with Crippen LogP contribution in [0.1, 0.15) is 24.0 Å². The first kappa shape index (κ1) is 18.9. The maximum Gasteiger partial charge on any atom is 0.236 e. The van der Waals surface area contributed by atoms with Crippen molar-refractivity contribution in [3.63, 3.8) is 0 Å². The van der Waals surface area contributed by atoms with Crippen molar-refractivity contribution in [3.8, 4) is 0 Å². The first-order valence-electron chi connectivity index (χ1n) is 10.2. The topological polar surface area (TPSA) is 56.3 Å². The lowest BCUT2D eigenvalue weighted by Gasteiger charge is -2.35. The van der Waals surface area contributed by atoms with Crippen molar-refractivity contribution in [1.29, 1.82) is 0 Å². The molecular formula is C21H31N3O3. The first-order valence-corrected chi connectivity index (χ1v) is 10.2. The summed E-state index contributed by atoms with van der Waals surface area (Å²) in [6.45, 7) is 6.53. The smallest absolute Gasteiger partial charge is 0.236 e. The average Bonchev–Trinajstić information content (AvgIpc) is 3.08. The number of amides is 1. The molecule has 3 aliphatic rings. The summed E-state index contributed by atoms with van der Waals surface area (Å²) in [6.07, 6.45) is 3.37. The van der Waals surface area contributed by atoms with Gasteiger partial charge in [0, 0.05) is 26.2 Å². The molecule has 2 saturated heterocycles. The summed E-state index contributed by atoms with van der Waals surface area (Å²) in [5.74, 6) is 0.0970. The van der Waals surface area contributed by atoms with Gasteiger partial charge in [0.25, 0.3) is 0 Å². The van der Waals surface area contributed by atoms with Gasteiger partial charge in [-0.2, -0.15) is 0 Å². The van der Waals surface area contributed by atoms with Crippen LogP contribution in [-0.2, 0) is 22.5 Å². The van der Waals surface area contributed by atoms with Crippen LogP contribution in [0.5, 0.6) is 0 Å². The van der Waals surface area contributed by atoms with E-state index in [-0.39, 0.29) is 5.91 Å². The second-order valence-corrected chi connectivity index (χ2v) is 8.30. The number of benzene rings is 1. The van der Waals surface area contributed by atoms with Crippen molar-refractivity contribution in [2.24, 2.45) is 0 Å². The van der Waals surface area contributed by atoms with Crippen LogP contribution in [0.3, 0.4) is 0 Å². The van der Waals surface area contributed by atoms with E-state index >= 15 is 0 Å². The predicted octanol–water partition coefficient (Wildman–Crippen LogP) is 0.730. The fraction of sp³-hybridized carbons (Fsp3) is 0.667. The molecule has 0 aromatic heterocycles. The van der Waals surface area contributed by atoms with Crippen molar-refractivity contribution >= 4 is 5.91 Å². The number of carbonyl (C=O) groups excluding carboxylic acids is 1. The van der Waals surface area contributed by atoms with Crippen LogP contribution in [0, 0.1) is 0 Å². The van der Waals surface area contributed by atoms with Crippen molar-refractivity contribution < 1.29 is 14.6 Å². The van der Waals surface area contributed by atoms with Crippen LogP contribution in [-0.4, -0.2) is 90.3 Å². The zero-order valence-electron chi connectivity index (χ0n) is 16.1. The average molecular weight is 373 g/mol. The molecule has 1 N–H and O–H groups in total. The fourth-order valence-electron chi connectivity index (χ4n) is 4.56. The molecule has 27 heavy (non-hydrogen) atoms. The highest BCUT2D eigenvalue weighted by Gasteiger charge is 2.37. The molecule has 1 amide bonds. The Hall–Kier alpha value is -1.47. The fourth-order valence-corrected chi connectivity index (χ4v) is 4.56. The van der Waals surface area contributed by atoms with Crippen molar-refractivity contribution in [3.05, 3.63) is 35.4 Å². The number of hydrogen-bond donors (Lipinski definition) is 1. The molecule has 0 saturated carbocycles. The number of hydrogen-bond acceptors (Lipinski definition) is 5. The van der Waals surface area contributed by atoms with E-state index in [0.29, 0.717) is 39.4 Å². The minimum absolute atomic E-state index is 0.0970. The predicted molar refractivity (Wildman–Crippen MR) is 103 cm³/mol. The molecule has 1 atom stereocenters. The van der Waals surface area contributed by atoms with Gasteiger partial charge in [-0.15, -0.1) is 0 Å². The highest BCUT2D eigenvalue weighted by atomic mass is 16.5. The highest BCUT2D eigenvalue weighted by Crippen LogP contribution is 2.20. The summed E-state index contributed by atoms with van der Waals surface area (Å²) >= 11 is 0. The highest BCUT2D eigenvalue weighted by molar-refractivity contribution is 5.78. The van der Waals surface area contributed by atoms with Crippen molar-refractivity contribution in [2.75, 3.05) is 59.0 Å². The molecule has 0 radical (unpaired) electrons. The third kappa shape index (κ3) is 4.69. The van der Waals surface area contributed by atoms with E-state index in [1.165, 1.54) is 24.0 Å².